The van der Waals surface area contributed by atoms with E-state index in [0.717, 1.165) is 0 Å². The van der Waals surface area contributed by atoms with Crippen LogP contribution in [0.4, 0.5) is 0 Å². The van der Waals surface area contributed by atoms with Crippen molar-refractivity contribution in [3.63, 3.8) is 0 Å². The zero-order valence-corrected chi connectivity index (χ0v) is 11.6. The molecule has 108 valence electrons. The van der Waals surface area contributed by atoms with Crippen molar-refractivity contribution in [1.82, 2.24) is 5.01 Å². The molecule has 7 heteroatoms. The highest BCUT2D eigenvalue weighted by molar-refractivity contribution is 5.96. The van der Waals surface area contributed by atoms with E-state index in [1.54, 1.807) is 6.21 Å². The Labute approximate surface area is 112 Å². The van der Waals surface area contributed by atoms with Crippen LogP contribution in [0.5, 0.6) is 0 Å². The number of carbonyl (C=O) groups excluding carboxylic acids is 2. The molecule has 1 aliphatic heterocycles. The molecule has 0 aliphatic carbocycles. The third-order valence-corrected chi connectivity index (χ3v) is 3.18. The van der Waals surface area contributed by atoms with Crippen LogP contribution in [-0.4, -0.2) is 61.7 Å². The number of esters is 2. The average molecular weight is 272 g/mol. The number of β-amino-alcohol motifs (C(OH)–C–C–N with tert-alkyl or cyclic N) is 1. The standard InChI is InChI=1S/C12H20N2O5/c1-12(2)7-13-14(5-6-15)9(12)8(10(16)18-3)11(17)19-4/h7-9,15H,5-6H2,1-4H3. The number of aliphatic hydroxyl groups excluding tert-OH is 1. The van der Waals surface area contributed by atoms with Gasteiger partial charge in [-0.15, -0.1) is 0 Å². The molecule has 0 aromatic carbocycles. The van der Waals surface area contributed by atoms with Gasteiger partial charge in [-0.2, -0.15) is 5.10 Å². The molecule has 7 nitrogen and oxygen atoms in total. The van der Waals surface area contributed by atoms with Crippen molar-refractivity contribution in [3.8, 4) is 0 Å². The molecule has 1 heterocycles. The van der Waals surface area contributed by atoms with E-state index in [9.17, 15) is 9.59 Å². The molecule has 1 N–H and O–H groups in total. The molecule has 0 aromatic heterocycles. The Morgan fingerprint density at radius 3 is 2.32 bits per heavy atom. The molecule has 0 bridgehead atoms. The summed E-state index contributed by atoms with van der Waals surface area (Å²) >= 11 is 0. The monoisotopic (exact) mass is 272 g/mol. The van der Waals surface area contributed by atoms with Crippen molar-refractivity contribution in [3.05, 3.63) is 0 Å². The first-order valence-electron chi connectivity index (χ1n) is 5.97. The average Bonchev–Trinajstić information content (AvgIpc) is 2.66. The Balaban J connectivity index is 3.10. The Morgan fingerprint density at radius 1 is 1.37 bits per heavy atom. The molecule has 0 aromatic rings. The predicted molar refractivity (Wildman–Crippen MR) is 67.4 cm³/mol. The molecule has 0 saturated carbocycles. The molecular formula is C12H20N2O5. The summed E-state index contributed by atoms with van der Waals surface area (Å²) in [6, 6.07) is -0.542. The van der Waals surface area contributed by atoms with E-state index in [1.807, 2.05) is 13.8 Å². The lowest BCUT2D eigenvalue weighted by molar-refractivity contribution is -0.163. The number of hydrazone groups is 1. The zero-order valence-electron chi connectivity index (χ0n) is 11.6. The second kappa shape index (κ2) is 6.01. The van der Waals surface area contributed by atoms with Crippen LogP contribution in [0.25, 0.3) is 0 Å². The fourth-order valence-corrected chi connectivity index (χ4v) is 2.26. The number of nitrogens with zero attached hydrogens (tertiary/aromatic N) is 2. The van der Waals surface area contributed by atoms with Crippen molar-refractivity contribution in [2.45, 2.75) is 19.9 Å². The first-order chi connectivity index (χ1) is 8.88. The van der Waals surface area contributed by atoms with E-state index in [0.29, 0.717) is 0 Å². The van der Waals surface area contributed by atoms with Gasteiger partial charge >= 0.3 is 11.9 Å². The summed E-state index contributed by atoms with van der Waals surface area (Å²) in [6.45, 7) is 3.82. The maximum absolute atomic E-state index is 11.9. The van der Waals surface area contributed by atoms with Gasteiger partial charge in [0, 0.05) is 11.6 Å². The lowest BCUT2D eigenvalue weighted by Gasteiger charge is -2.34. The van der Waals surface area contributed by atoms with E-state index in [-0.39, 0.29) is 13.2 Å². The molecule has 1 unspecified atom stereocenters. The first-order valence-corrected chi connectivity index (χ1v) is 5.97. The van der Waals surface area contributed by atoms with E-state index < -0.39 is 29.3 Å². The summed E-state index contributed by atoms with van der Waals surface area (Å²) in [7, 11) is 2.44. The number of rotatable bonds is 5. The SMILES string of the molecule is COC(=O)C(C(=O)OC)C1N(CCO)N=CC1(C)C. The number of carbonyl (C=O) groups is 2. The fraction of sp³-hybridized carbons (Fsp3) is 0.750. The normalized spacial score (nSPS) is 20.7. The quantitative estimate of drug-likeness (QED) is 0.543. The third kappa shape index (κ3) is 3.04. The van der Waals surface area contributed by atoms with Crippen LogP contribution in [0.1, 0.15) is 13.8 Å². The first kappa shape index (κ1) is 15.4. The lowest BCUT2D eigenvalue weighted by Crippen LogP contribution is -2.51. The minimum atomic E-state index is -1.10. The summed E-state index contributed by atoms with van der Waals surface area (Å²) in [4.78, 5) is 23.7. The largest absolute Gasteiger partial charge is 0.468 e. The number of hydrogen-bond donors (Lipinski definition) is 1. The summed E-state index contributed by atoms with van der Waals surface area (Å²) < 4.78 is 9.37. The second-order valence-corrected chi connectivity index (χ2v) is 4.92. The highest BCUT2D eigenvalue weighted by atomic mass is 16.5. The van der Waals surface area contributed by atoms with Crippen LogP contribution in [0.15, 0.2) is 5.10 Å². The molecule has 0 fully saturated rings. The van der Waals surface area contributed by atoms with Gasteiger partial charge in [0.05, 0.1) is 33.4 Å². The molecule has 1 atom stereocenters. The Morgan fingerprint density at radius 2 is 1.89 bits per heavy atom. The predicted octanol–water partition coefficient (Wildman–Crippen LogP) is -0.363. The van der Waals surface area contributed by atoms with Crippen LogP contribution in [0.2, 0.25) is 0 Å². The van der Waals surface area contributed by atoms with Crippen molar-refractivity contribution in [2.24, 2.45) is 16.4 Å². The molecule has 0 saturated heterocycles. The smallest absolute Gasteiger partial charge is 0.322 e. The molecule has 1 aliphatic rings. The van der Waals surface area contributed by atoms with Gasteiger partial charge in [-0.1, -0.05) is 13.8 Å². The van der Waals surface area contributed by atoms with Crippen LogP contribution in [0, 0.1) is 11.3 Å². The number of ether oxygens (including phenoxy) is 2. The van der Waals surface area contributed by atoms with Gasteiger partial charge < -0.3 is 14.6 Å². The van der Waals surface area contributed by atoms with Gasteiger partial charge in [0.15, 0.2) is 5.92 Å². The molecule has 19 heavy (non-hydrogen) atoms. The minimum Gasteiger partial charge on any atom is -0.468 e. The van der Waals surface area contributed by atoms with Crippen molar-refractivity contribution in [2.75, 3.05) is 27.4 Å². The third-order valence-electron chi connectivity index (χ3n) is 3.18. The van der Waals surface area contributed by atoms with Crippen LogP contribution >= 0.6 is 0 Å². The van der Waals surface area contributed by atoms with Crippen LogP contribution < -0.4 is 0 Å². The van der Waals surface area contributed by atoms with E-state index in [4.69, 9.17) is 5.11 Å². The Hall–Kier alpha value is -1.63. The van der Waals surface area contributed by atoms with Crippen LogP contribution in [0.3, 0.4) is 0 Å². The van der Waals surface area contributed by atoms with Crippen molar-refractivity contribution in [1.29, 1.82) is 0 Å². The maximum Gasteiger partial charge on any atom is 0.322 e. The number of methoxy groups -OCH3 is 2. The van der Waals surface area contributed by atoms with Gasteiger partial charge in [0.1, 0.15) is 0 Å². The highest BCUT2D eigenvalue weighted by Gasteiger charge is 2.50. The van der Waals surface area contributed by atoms with Gasteiger partial charge in [0.25, 0.3) is 0 Å². The summed E-state index contributed by atoms with van der Waals surface area (Å²) in [5.74, 6) is -2.43. The zero-order chi connectivity index (χ0) is 14.6. The number of aliphatic hydroxyl groups is 1. The topological polar surface area (TPSA) is 88.4 Å². The Kier molecular flexibility index (Phi) is 4.88. The molecule has 0 spiro atoms. The van der Waals surface area contributed by atoms with Gasteiger partial charge in [-0.25, -0.2) is 0 Å². The van der Waals surface area contributed by atoms with E-state index in [2.05, 4.69) is 14.6 Å². The fourth-order valence-electron chi connectivity index (χ4n) is 2.26. The molecule has 0 radical (unpaired) electrons. The second-order valence-electron chi connectivity index (χ2n) is 4.92. The van der Waals surface area contributed by atoms with Crippen molar-refractivity contribution < 1.29 is 24.2 Å². The molecular weight excluding hydrogens is 252 g/mol. The van der Waals surface area contributed by atoms with E-state index >= 15 is 0 Å². The lowest BCUT2D eigenvalue weighted by atomic mass is 9.78. The van der Waals surface area contributed by atoms with Crippen LogP contribution in [-0.2, 0) is 19.1 Å². The molecule has 1 rings (SSSR count). The number of hydrogen-bond acceptors (Lipinski definition) is 7. The highest BCUT2D eigenvalue weighted by Crippen LogP contribution is 2.35. The summed E-state index contributed by atoms with van der Waals surface area (Å²) in [5, 5.41) is 14.7. The van der Waals surface area contributed by atoms with Gasteiger partial charge in [0.2, 0.25) is 0 Å². The van der Waals surface area contributed by atoms with Gasteiger partial charge in [-0.05, 0) is 0 Å². The minimum absolute atomic E-state index is 0.126. The van der Waals surface area contributed by atoms with E-state index in [1.165, 1.54) is 19.2 Å². The van der Waals surface area contributed by atoms with Gasteiger partial charge in [-0.3, -0.25) is 14.6 Å². The Bertz CT molecular complexity index is 364. The van der Waals surface area contributed by atoms with Crippen molar-refractivity contribution >= 4 is 18.2 Å². The molecule has 0 amide bonds. The maximum atomic E-state index is 11.9. The summed E-state index contributed by atoms with van der Waals surface area (Å²) in [6.07, 6.45) is 1.66. The summed E-state index contributed by atoms with van der Waals surface area (Å²) in [5.41, 5.74) is -0.512.